The minimum absolute atomic E-state index is 0.0558. The van der Waals surface area contributed by atoms with Gasteiger partial charge in [0.25, 0.3) is 0 Å². The largest absolute Gasteiger partial charge is 0.305 e. The second kappa shape index (κ2) is 7.24. The Hall–Kier alpha value is -1.12. The van der Waals surface area contributed by atoms with Gasteiger partial charge in [0.15, 0.2) is 15.0 Å². The molecule has 0 aliphatic carbocycles. The van der Waals surface area contributed by atoms with E-state index in [1.807, 2.05) is 4.57 Å². The molecule has 0 N–H and O–H groups in total. The van der Waals surface area contributed by atoms with Crippen LogP contribution in [-0.4, -0.2) is 34.7 Å². The van der Waals surface area contributed by atoms with Crippen LogP contribution in [0.15, 0.2) is 57.8 Å². The van der Waals surface area contributed by atoms with Crippen molar-refractivity contribution in [1.29, 1.82) is 0 Å². The number of thioether (sulfide) groups is 1. The number of benzene rings is 1. The molecular formula is C13H14BrN3O2S2. The number of sulfone groups is 1. The van der Waals surface area contributed by atoms with Crippen molar-refractivity contribution in [2.75, 3.05) is 11.5 Å². The minimum atomic E-state index is -3.27. The maximum absolute atomic E-state index is 12.2. The van der Waals surface area contributed by atoms with Crippen LogP contribution in [0.1, 0.15) is 0 Å². The van der Waals surface area contributed by atoms with Crippen LogP contribution >= 0.6 is 27.7 Å². The molecule has 0 saturated carbocycles. The highest BCUT2D eigenvalue weighted by Gasteiger charge is 2.15. The molecule has 0 atom stereocenters. The second-order valence-corrected chi connectivity index (χ2v) is 8.26. The topological polar surface area (TPSA) is 64.8 Å². The zero-order valence-electron chi connectivity index (χ0n) is 11.1. The first-order valence-corrected chi connectivity index (χ1v) is 9.56. The molecule has 1 aromatic heterocycles. The lowest BCUT2D eigenvalue weighted by atomic mass is 10.4. The molecule has 2 aromatic rings. The van der Waals surface area contributed by atoms with E-state index in [1.165, 1.54) is 11.8 Å². The molecule has 0 radical (unpaired) electrons. The number of halogens is 1. The monoisotopic (exact) mass is 387 g/mol. The molecule has 112 valence electrons. The summed E-state index contributed by atoms with van der Waals surface area (Å²) in [5.74, 6) is 0.481. The van der Waals surface area contributed by atoms with E-state index in [2.05, 4.69) is 32.7 Å². The predicted molar refractivity (Wildman–Crippen MR) is 87.1 cm³/mol. The van der Waals surface area contributed by atoms with Gasteiger partial charge < -0.3 is 4.57 Å². The normalized spacial score (nSPS) is 11.5. The molecule has 0 fully saturated rings. The molecule has 2 rings (SSSR count). The van der Waals surface area contributed by atoms with Crippen molar-refractivity contribution in [2.45, 2.75) is 16.6 Å². The molecule has 1 aromatic carbocycles. The summed E-state index contributed by atoms with van der Waals surface area (Å²) in [7, 11) is -3.27. The number of hydrogen-bond donors (Lipinski definition) is 0. The van der Waals surface area contributed by atoms with Gasteiger partial charge >= 0.3 is 0 Å². The molecule has 0 aliphatic heterocycles. The van der Waals surface area contributed by atoms with Crippen molar-refractivity contribution in [2.24, 2.45) is 0 Å². The molecule has 0 bridgehead atoms. The van der Waals surface area contributed by atoms with E-state index in [0.29, 0.717) is 22.3 Å². The molecule has 0 amide bonds. The van der Waals surface area contributed by atoms with Gasteiger partial charge in [-0.3, -0.25) is 0 Å². The van der Waals surface area contributed by atoms with Gasteiger partial charge in [-0.1, -0.05) is 33.8 Å². The van der Waals surface area contributed by atoms with Gasteiger partial charge in [0.1, 0.15) is 6.33 Å². The summed E-state index contributed by atoms with van der Waals surface area (Å²) in [4.78, 5) is 0.332. The van der Waals surface area contributed by atoms with Crippen LogP contribution in [0, 0.1) is 0 Å². The fourth-order valence-corrected chi connectivity index (χ4v) is 4.46. The Morgan fingerprint density at radius 2 is 2.05 bits per heavy atom. The highest BCUT2D eigenvalue weighted by Crippen LogP contribution is 2.19. The van der Waals surface area contributed by atoms with E-state index in [-0.39, 0.29) is 5.75 Å². The lowest BCUT2D eigenvalue weighted by Crippen LogP contribution is -2.09. The van der Waals surface area contributed by atoms with Crippen molar-refractivity contribution in [3.05, 3.63) is 47.7 Å². The third-order valence-corrected chi connectivity index (χ3v) is 6.16. The molecule has 0 saturated heterocycles. The molecule has 5 nitrogen and oxygen atoms in total. The van der Waals surface area contributed by atoms with Gasteiger partial charge in [0.05, 0.1) is 10.6 Å². The van der Waals surface area contributed by atoms with Crippen molar-refractivity contribution in [1.82, 2.24) is 14.8 Å². The third-order valence-electron chi connectivity index (χ3n) is 2.66. The van der Waals surface area contributed by atoms with Crippen LogP contribution < -0.4 is 0 Å². The van der Waals surface area contributed by atoms with Gasteiger partial charge in [-0.15, -0.1) is 16.8 Å². The highest BCUT2D eigenvalue weighted by molar-refractivity contribution is 9.10. The quantitative estimate of drug-likeness (QED) is 0.539. The highest BCUT2D eigenvalue weighted by atomic mass is 79.9. The standard InChI is InChI=1S/C13H14BrN3O2S2/c1-2-7-17-10-15-16-13(17)20-8-9-21(18,19)12-5-3-11(14)4-6-12/h2-6,10H,1,7-9H2. The average molecular weight is 388 g/mol. The lowest BCUT2D eigenvalue weighted by Gasteiger charge is -2.05. The van der Waals surface area contributed by atoms with Crippen molar-refractivity contribution < 1.29 is 8.42 Å². The summed E-state index contributed by atoms with van der Waals surface area (Å²) in [6.07, 6.45) is 3.35. The maximum Gasteiger partial charge on any atom is 0.191 e. The van der Waals surface area contributed by atoms with E-state index < -0.39 is 9.84 Å². The van der Waals surface area contributed by atoms with Crippen LogP contribution in [0.5, 0.6) is 0 Å². The zero-order valence-corrected chi connectivity index (χ0v) is 14.4. The van der Waals surface area contributed by atoms with E-state index in [4.69, 9.17) is 0 Å². The third kappa shape index (κ3) is 4.42. The zero-order chi connectivity index (χ0) is 15.3. The van der Waals surface area contributed by atoms with Gasteiger partial charge in [-0.2, -0.15) is 0 Å². The summed E-state index contributed by atoms with van der Waals surface area (Å²) in [6, 6.07) is 6.65. The predicted octanol–water partition coefficient (Wildman–Crippen LogP) is 2.79. The number of allylic oxidation sites excluding steroid dienone is 1. The van der Waals surface area contributed by atoms with Gasteiger partial charge in [0.2, 0.25) is 0 Å². The number of hydrogen-bond acceptors (Lipinski definition) is 5. The second-order valence-electron chi connectivity index (χ2n) is 4.18. The first-order chi connectivity index (χ1) is 10.0. The summed E-state index contributed by atoms with van der Waals surface area (Å²) in [6.45, 7) is 4.26. The number of rotatable bonds is 7. The van der Waals surface area contributed by atoms with Crippen LogP contribution in [0.25, 0.3) is 0 Å². The Kier molecular flexibility index (Phi) is 5.60. The number of nitrogens with zero attached hydrogens (tertiary/aromatic N) is 3. The van der Waals surface area contributed by atoms with Crippen LogP contribution in [0.2, 0.25) is 0 Å². The Balaban J connectivity index is 1.97. The molecule has 21 heavy (non-hydrogen) atoms. The van der Waals surface area contributed by atoms with Crippen molar-refractivity contribution in [3.8, 4) is 0 Å². The van der Waals surface area contributed by atoms with Gasteiger partial charge in [-0.25, -0.2) is 8.42 Å². The molecular weight excluding hydrogens is 374 g/mol. The Bertz CT molecular complexity index is 711. The summed E-state index contributed by atoms with van der Waals surface area (Å²) >= 11 is 4.66. The van der Waals surface area contributed by atoms with Gasteiger partial charge in [0, 0.05) is 16.8 Å². The lowest BCUT2D eigenvalue weighted by molar-refractivity contribution is 0.597. The fourth-order valence-electron chi connectivity index (χ4n) is 1.62. The van der Waals surface area contributed by atoms with E-state index in [1.54, 1.807) is 36.7 Å². The summed E-state index contributed by atoms with van der Waals surface area (Å²) in [5.41, 5.74) is 0. The van der Waals surface area contributed by atoms with Gasteiger partial charge in [-0.05, 0) is 24.3 Å². The Morgan fingerprint density at radius 3 is 2.71 bits per heavy atom. The summed E-state index contributed by atoms with van der Waals surface area (Å²) < 4.78 is 27.1. The van der Waals surface area contributed by atoms with Crippen LogP contribution in [-0.2, 0) is 16.4 Å². The summed E-state index contributed by atoms with van der Waals surface area (Å²) in [5, 5.41) is 8.47. The van der Waals surface area contributed by atoms with E-state index in [0.717, 1.165) is 4.47 Å². The minimum Gasteiger partial charge on any atom is -0.305 e. The van der Waals surface area contributed by atoms with E-state index >= 15 is 0 Å². The fraction of sp³-hybridized carbons (Fsp3) is 0.231. The Labute approximate surface area is 136 Å². The smallest absolute Gasteiger partial charge is 0.191 e. The van der Waals surface area contributed by atoms with E-state index in [9.17, 15) is 8.42 Å². The van der Waals surface area contributed by atoms with Crippen molar-refractivity contribution in [3.63, 3.8) is 0 Å². The number of aromatic nitrogens is 3. The Morgan fingerprint density at radius 1 is 1.33 bits per heavy atom. The molecule has 0 unspecified atom stereocenters. The maximum atomic E-state index is 12.2. The first-order valence-electron chi connectivity index (χ1n) is 6.13. The van der Waals surface area contributed by atoms with Crippen LogP contribution in [0.4, 0.5) is 0 Å². The molecule has 0 spiro atoms. The molecule has 8 heteroatoms. The first kappa shape index (κ1) is 16.3. The molecule has 1 heterocycles. The SMILES string of the molecule is C=CCn1cnnc1SCCS(=O)(=O)c1ccc(Br)cc1. The van der Waals surface area contributed by atoms with Crippen LogP contribution in [0.3, 0.4) is 0 Å². The van der Waals surface area contributed by atoms with Crippen molar-refractivity contribution >= 4 is 37.5 Å². The molecule has 0 aliphatic rings. The average Bonchev–Trinajstić information content (AvgIpc) is 2.87.